The fourth-order valence-electron chi connectivity index (χ4n) is 4.35. The van der Waals surface area contributed by atoms with Crippen molar-refractivity contribution in [3.05, 3.63) is 113 Å². The Kier molecular flexibility index (Phi) is 5.46. The lowest BCUT2D eigenvalue weighted by molar-refractivity contribution is 0.0949. The van der Waals surface area contributed by atoms with Crippen LogP contribution in [0.15, 0.2) is 84.9 Å². The number of hydrogen-bond donors (Lipinski definition) is 1. The number of rotatable bonds is 5. The lowest BCUT2D eigenvalue weighted by Crippen LogP contribution is -2.34. The van der Waals surface area contributed by atoms with Crippen LogP contribution in [0.2, 0.25) is 0 Å². The Hall–Kier alpha value is -3.50. The standard InChI is InChI=1S/C27H25N3O/c31-27(28-17-20-9-3-1-4-10-20)26-22-13-7-8-14-24(22)29-25-15-16-30(19-23(25)26)18-21-11-5-2-6-12-21/h1-14H,15-19H2,(H,28,31). The van der Waals surface area contributed by atoms with E-state index in [0.29, 0.717) is 6.54 Å². The minimum atomic E-state index is -0.0275. The first-order valence-corrected chi connectivity index (χ1v) is 10.8. The van der Waals surface area contributed by atoms with Gasteiger partial charge in [-0.3, -0.25) is 14.7 Å². The number of hydrogen-bond acceptors (Lipinski definition) is 3. The van der Waals surface area contributed by atoms with Gasteiger partial charge in [-0.15, -0.1) is 0 Å². The summed E-state index contributed by atoms with van der Waals surface area (Å²) in [5.41, 5.74) is 6.15. The summed E-state index contributed by atoms with van der Waals surface area (Å²) in [7, 11) is 0. The van der Waals surface area contributed by atoms with E-state index in [4.69, 9.17) is 4.98 Å². The molecule has 4 aromatic rings. The molecular formula is C27H25N3O. The van der Waals surface area contributed by atoms with Gasteiger partial charge < -0.3 is 5.32 Å². The van der Waals surface area contributed by atoms with Gasteiger partial charge in [-0.25, -0.2) is 0 Å². The number of aromatic nitrogens is 1. The number of amides is 1. The van der Waals surface area contributed by atoms with Crippen molar-refractivity contribution in [3.63, 3.8) is 0 Å². The molecule has 154 valence electrons. The number of pyridine rings is 1. The summed E-state index contributed by atoms with van der Waals surface area (Å²) in [5.74, 6) is -0.0275. The van der Waals surface area contributed by atoms with Crippen LogP contribution in [0.3, 0.4) is 0 Å². The maximum Gasteiger partial charge on any atom is 0.252 e. The Labute approximate surface area is 182 Å². The number of nitrogens with zero attached hydrogens (tertiary/aromatic N) is 2. The normalized spacial score (nSPS) is 13.7. The predicted molar refractivity (Wildman–Crippen MR) is 124 cm³/mol. The molecule has 4 heteroatoms. The van der Waals surface area contributed by atoms with Crippen LogP contribution < -0.4 is 5.32 Å². The molecule has 31 heavy (non-hydrogen) atoms. The van der Waals surface area contributed by atoms with E-state index in [1.165, 1.54) is 5.56 Å². The van der Waals surface area contributed by atoms with Gasteiger partial charge in [-0.05, 0) is 17.2 Å². The highest BCUT2D eigenvalue weighted by molar-refractivity contribution is 6.07. The molecule has 1 aromatic heterocycles. The van der Waals surface area contributed by atoms with Crippen LogP contribution in [0, 0.1) is 0 Å². The molecular weight excluding hydrogens is 382 g/mol. The van der Waals surface area contributed by atoms with Crippen molar-refractivity contribution in [2.24, 2.45) is 0 Å². The first-order valence-electron chi connectivity index (χ1n) is 10.8. The van der Waals surface area contributed by atoms with Gasteiger partial charge in [-0.1, -0.05) is 78.9 Å². The summed E-state index contributed by atoms with van der Waals surface area (Å²) in [5, 5.41) is 4.06. The van der Waals surface area contributed by atoms with E-state index in [9.17, 15) is 4.79 Å². The van der Waals surface area contributed by atoms with Gasteiger partial charge in [0.25, 0.3) is 5.91 Å². The summed E-state index contributed by atoms with van der Waals surface area (Å²) in [6.07, 6.45) is 0.853. The van der Waals surface area contributed by atoms with Crippen molar-refractivity contribution >= 4 is 16.8 Å². The summed E-state index contributed by atoms with van der Waals surface area (Å²) in [4.78, 5) is 20.7. The molecule has 4 nitrogen and oxygen atoms in total. The van der Waals surface area contributed by atoms with Crippen LogP contribution in [-0.2, 0) is 26.1 Å². The monoisotopic (exact) mass is 407 g/mol. The van der Waals surface area contributed by atoms with Crippen molar-refractivity contribution in [3.8, 4) is 0 Å². The molecule has 1 N–H and O–H groups in total. The number of fused-ring (bicyclic) bond motifs is 2. The van der Waals surface area contributed by atoms with Gasteiger partial charge in [0, 0.05) is 49.2 Å². The minimum Gasteiger partial charge on any atom is -0.348 e. The smallest absolute Gasteiger partial charge is 0.252 e. The summed E-state index contributed by atoms with van der Waals surface area (Å²) < 4.78 is 0. The second kappa shape index (κ2) is 8.70. The van der Waals surface area contributed by atoms with E-state index < -0.39 is 0 Å². The van der Waals surface area contributed by atoms with E-state index in [2.05, 4.69) is 34.5 Å². The Morgan fingerprint density at radius 1 is 0.871 bits per heavy atom. The highest BCUT2D eigenvalue weighted by Gasteiger charge is 2.25. The third-order valence-electron chi connectivity index (χ3n) is 5.90. The van der Waals surface area contributed by atoms with E-state index in [0.717, 1.165) is 59.3 Å². The molecule has 0 saturated carbocycles. The first-order chi connectivity index (χ1) is 15.3. The molecule has 0 spiro atoms. The van der Waals surface area contributed by atoms with Crippen LogP contribution in [0.5, 0.6) is 0 Å². The van der Waals surface area contributed by atoms with E-state index in [-0.39, 0.29) is 5.91 Å². The molecule has 0 aliphatic carbocycles. The number of carbonyl (C=O) groups is 1. The van der Waals surface area contributed by atoms with Gasteiger partial charge in [0.1, 0.15) is 0 Å². The predicted octanol–water partition coefficient (Wildman–Crippen LogP) is 4.72. The van der Waals surface area contributed by atoms with Crippen molar-refractivity contribution in [1.82, 2.24) is 15.2 Å². The number of benzene rings is 3. The van der Waals surface area contributed by atoms with Crippen LogP contribution >= 0.6 is 0 Å². The quantitative estimate of drug-likeness (QED) is 0.521. The maximum absolute atomic E-state index is 13.4. The Bertz CT molecular complexity index is 1210. The van der Waals surface area contributed by atoms with Gasteiger partial charge in [-0.2, -0.15) is 0 Å². The zero-order chi connectivity index (χ0) is 21.0. The minimum absolute atomic E-state index is 0.0275. The third-order valence-corrected chi connectivity index (χ3v) is 5.90. The van der Waals surface area contributed by atoms with Crippen LogP contribution in [0.25, 0.3) is 10.9 Å². The molecule has 0 radical (unpaired) electrons. The van der Waals surface area contributed by atoms with Crippen molar-refractivity contribution in [2.45, 2.75) is 26.1 Å². The third kappa shape index (κ3) is 4.21. The SMILES string of the molecule is O=C(NCc1ccccc1)c1c2c(nc3ccccc13)CCN(Cc1ccccc1)C2. The number of carbonyl (C=O) groups excluding carboxylic acids is 1. The van der Waals surface area contributed by atoms with Crippen LogP contribution in [-0.4, -0.2) is 22.3 Å². The highest BCUT2D eigenvalue weighted by Crippen LogP contribution is 2.29. The molecule has 0 bridgehead atoms. The average Bonchev–Trinajstić information content (AvgIpc) is 2.82. The summed E-state index contributed by atoms with van der Waals surface area (Å²) in [6.45, 7) is 3.06. The molecule has 0 fully saturated rings. The summed E-state index contributed by atoms with van der Waals surface area (Å²) in [6, 6.07) is 28.5. The lowest BCUT2D eigenvalue weighted by atomic mass is 9.95. The van der Waals surface area contributed by atoms with E-state index >= 15 is 0 Å². The highest BCUT2D eigenvalue weighted by atomic mass is 16.1. The van der Waals surface area contributed by atoms with Crippen molar-refractivity contribution in [1.29, 1.82) is 0 Å². The molecule has 1 aliphatic rings. The molecule has 3 aromatic carbocycles. The second-order valence-electron chi connectivity index (χ2n) is 8.04. The fraction of sp³-hybridized carbons (Fsp3) is 0.185. The molecule has 1 aliphatic heterocycles. The van der Waals surface area contributed by atoms with Gasteiger partial charge >= 0.3 is 0 Å². The number of para-hydroxylation sites is 1. The Morgan fingerprint density at radius 3 is 2.32 bits per heavy atom. The summed E-state index contributed by atoms with van der Waals surface area (Å²) >= 11 is 0. The zero-order valence-corrected chi connectivity index (χ0v) is 17.4. The zero-order valence-electron chi connectivity index (χ0n) is 17.4. The first kappa shape index (κ1) is 19.5. The lowest BCUT2D eigenvalue weighted by Gasteiger charge is -2.30. The average molecular weight is 408 g/mol. The maximum atomic E-state index is 13.4. The molecule has 5 rings (SSSR count). The van der Waals surface area contributed by atoms with Gasteiger partial charge in [0.15, 0.2) is 0 Å². The van der Waals surface area contributed by atoms with E-state index in [1.54, 1.807) is 0 Å². The second-order valence-corrected chi connectivity index (χ2v) is 8.04. The van der Waals surface area contributed by atoms with Crippen molar-refractivity contribution in [2.75, 3.05) is 6.54 Å². The van der Waals surface area contributed by atoms with Gasteiger partial charge in [0.2, 0.25) is 0 Å². The van der Waals surface area contributed by atoms with Crippen molar-refractivity contribution < 1.29 is 4.79 Å². The molecule has 0 unspecified atom stereocenters. The largest absolute Gasteiger partial charge is 0.348 e. The van der Waals surface area contributed by atoms with E-state index in [1.807, 2.05) is 60.7 Å². The van der Waals surface area contributed by atoms with Crippen LogP contribution in [0.4, 0.5) is 0 Å². The topological polar surface area (TPSA) is 45.2 Å². The number of nitrogens with one attached hydrogen (secondary N) is 1. The van der Waals surface area contributed by atoms with Gasteiger partial charge in [0.05, 0.1) is 11.1 Å². The molecule has 2 heterocycles. The molecule has 0 saturated heterocycles. The Balaban J connectivity index is 1.47. The molecule has 0 atom stereocenters. The fourth-order valence-corrected chi connectivity index (χ4v) is 4.35. The molecule has 1 amide bonds. The van der Waals surface area contributed by atoms with Crippen LogP contribution in [0.1, 0.15) is 32.7 Å². The Morgan fingerprint density at radius 2 is 1.55 bits per heavy atom.